The van der Waals surface area contributed by atoms with Gasteiger partial charge in [-0.3, -0.25) is 0 Å². The Morgan fingerprint density at radius 1 is 0.600 bits per heavy atom. The van der Waals surface area contributed by atoms with Gasteiger partial charge in [0.05, 0.1) is 0 Å². The van der Waals surface area contributed by atoms with Crippen molar-refractivity contribution in [3.63, 3.8) is 0 Å². The molecular weight excluding hydrogens is 484 g/mol. The van der Waals surface area contributed by atoms with E-state index in [0.717, 1.165) is 0 Å². The van der Waals surface area contributed by atoms with Crippen LogP contribution in [0.4, 0.5) is 0 Å². The molecule has 0 saturated carbocycles. The molecule has 4 aromatic rings. The van der Waals surface area contributed by atoms with Gasteiger partial charge in [0.25, 0.3) is 0 Å². The van der Waals surface area contributed by atoms with Gasteiger partial charge in [-0.15, -0.1) is 0 Å². The second kappa shape index (κ2) is 21.1. The zero-order valence-corrected chi connectivity index (χ0v) is 24.9. The van der Waals surface area contributed by atoms with Crippen LogP contribution in [0.3, 0.4) is 0 Å². The van der Waals surface area contributed by atoms with Crippen molar-refractivity contribution >= 4 is 5.57 Å². The van der Waals surface area contributed by atoms with E-state index in [9.17, 15) is 0 Å². The Balaban J connectivity index is 0.000000435. The maximum Gasteiger partial charge on any atom is 0.0272 e. The topological polar surface area (TPSA) is 24.1 Å². The van der Waals surface area contributed by atoms with Crippen LogP contribution >= 0.6 is 0 Å². The molecule has 2 heteroatoms. The molecule has 0 heterocycles. The van der Waals surface area contributed by atoms with Gasteiger partial charge < -0.3 is 10.6 Å². The van der Waals surface area contributed by atoms with Crippen LogP contribution in [0.1, 0.15) is 60.8 Å². The summed E-state index contributed by atoms with van der Waals surface area (Å²) in [5, 5.41) is 5.88. The largest absolute Gasteiger partial charge is 0.323 e. The van der Waals surface area contributed by atoms with E-state index in [1.54, 1.807) is 0 Å². The first kappa shape index (κ1) is 32.5. The normalized spacial score (nSPS) is 10.3. The molecule has 0 radical (unpaired) electrons. The summed E-state index contributed by atoms with van der Waals surface area (Å²) >= 11 is 0. The molecule has 0 aliphatic heterocycles. The molecule has 4 rings (SSSR count). The molecule has 0 spiro atoms. The second-order valence-corrected chi connectivity index (χ2v) is 9.66. The lowest BCUT2D eigenvalue weighted by Gasteiger charge is -2.14. The van der Waals surface area contributed by atoms with Crippen molar-refractivity contribution in [2.24, 2.45) is 0 Å². The van der Waals surface area contributed by atoms with Gasteiger partial charge in [0.1, 0.15) is 0 Å². The molecule has 0 bridgehead atoms. The van der Waals surface area contributed by atoms with Crippen LogP contribution in [-0.4, -0.2) is 27.7 Å². The lowest BCUT2D eigenvalue weighted by atomic mass is 9.90. The third kappa shape index (κ3) is 12.4. The van der Waals surface area contributed by atoms with E-state index in [2.05, 4.69) is 157 Å². The van der Waals surface area contributed by atoms with Crippen molar-refractivity contribution in [2.75, 3.05) is 27.7 Å². The smallest absolute Gasteiger partial charge is 0.0272 e. The quantitative estimate of drug-likeness (QED) is 0.149. The van der Waals surface area contributed by atoms with Crippen LogP contribution in [-0.2, 0) is 0 Å². The Labute approximate surface area is 243 Å². The van der Waals surface area contributed by atoms with Crippen LogP contribution in [0.5, 0.6) is 0 Å². The van der Waals surface area contributed by atoms with Gasteiger partial charge in [-0.05, 0) is 61.9 Å². The average Bonchev–Trinajstić information content (AvgIpc) is 3.02. The molecular formula is C38H48N2. The predicted octanol–water partition coefficient (Wildman–Crippen LogP) is 9.13. The van der Waals surface area contributed by atoms with Gasteiger partial charge in [0.2, 0.25) is 0 Å². The third-order valence-corrected chi connectivity index (χ3v) is 6.33. The SMILES string of the molecule is C(=CC(c1ccccc1)c1ccccc1)C=C(c1ccccc1)c1ccccc1.CCCCCCNC.CNC. The van der Waals surface area contributed by atoms with Gasteiger partial charge in [-0.25, -0.2) is 0 Å². The molecule has 0 aliphatic carbocycles. The minimum Gasteiger partial charge on any atom is -0.323 e. The molecule has 210 valence electrons. The summed E-state index contributed by atoms with van der Waals surface area (Å²) in [5.41, 5.74) is 6.26. The summed E-state index contributed by atoms with van der Waals surface area (Å²) in [6.45, 7) is 3.42. The van der Waals surface area contributed by atoms with Crippen molar-refractivity contribution < 1.29 is 0 Å². The number of benzene rings is 4. The van der Waals surface area contributed by atoms with Gasteiger partial charge in [-0.2, -0.15) is 0 Å². The minimum atomic E-state index is 0.224. The molecule has 0 fully saturated rings. The first-order valence-corrected chi connectivity index (χ1v) is 14.6. The summed E-state index contributed by atoms with van der Waals surface area (Å²) < 4.78 is 0. The highest BCUT2D eigenvalue weighted by Crippen LogP contribution is 2.27. The molecule has 0 amide bonds. The minimum absolute atomic E-state index is 0.224. The van der Waals surface area contributed by atoms with Crippen molar-refractivity contribution in [1.82, 2.24) is 10.6 Å². The Bertz CT molecular complexity index is 1100. The standard InChI is InChI=1S/C29H24.C7H17N.C2H7N/c1-5-14-24(15-6-1)28(25-16-7-2-8-17-25)22-13-23-29(26-18-9-3-10-19-26)27-20-11-4-12-21-27;1-3-4-5-6-7-8-2;1-3-2/h1-23,28H;8H,3-7H2,1-2H3;3H,1-2H3. The predicted molar refractivity (Wildman–Crippen MR) is 177 cm³/mol. The number of nitrogens with one attached hydrogen (secondary N) is 2. The summed E-state index contributed by atoms with van der Waals surface area (Å²) in [6.07, 6.45) is 12.2. The van der Waals surface area contributed by atoms with E-state index >= 15 is 0 Å². The summed E-state index contributed by atoms with van der Waals surface area (Å²) in [4.78, 5) is 0. The lowest BCUT2D eigenvalue weighted by molar-refractivity contribution is 0.634. The number of allylic oxidation sites excluding steroid dienone is 3. The van der Waals surface area contributed by atoms with Crippen LogP contribution in [0.2, 0.25) is 0 Å². The van der Waals surface area contributed by atoms with E-state index in [4.69, 9.17) is 0 Å². The van der Waals surface area contributed by atoms with Crippen LogP contribution in [0.15, 0.2) is 140 Å². The van der Waals surface area contributed by atoms with E-state index < -0.39 is 0 Å². The van der Waals surface area contributed by atoms with Crippen molar-refractivity contribution in [3.05, 3.63) is 162 Å². The molecule has 0 unspecified atom stereocenters. The zero-order chi connectivity index (χ0) is 28.7. The van der Waals surface area contributed by atoms with E-state index in [1.807, 2.05) is 21.1 Å². The first-order chi connectivity index (χ1) is 19.7. The average molecular weight is 533 g/mol. The van der Waals surface area contributed by atoms with Gasteiger partial charge in [0, 0.05) is 5.92 Å². The molecule has 40 heavy (non-hydrogen) atoms. The molecule has 2 nitrogen and oxygen atoms in total. The second-order valence-electron chi connectivity index (χ2n) is 9.66. The molecule has 2 N–H and O–H groups in total. The molecule has 0 atom stereocenters. The first-order valence-electron chi connectivity index (χ1n) is 14.6. The van der Waals surface area contributed by atoms with E-state index in [-0.39, 0.29) is 5.92 Å². The number of hydrogen-bond donors (Lipinski definition) is 2. The van der Waals surface area contributed by atoms with Crippen LogP contribution in [0.25, 0.3) is 5.57 Å². The van der Waals surface area contributed by atoms with Gasteiger partial charge in [-0.1, -0.05) is 166 Å². The number of hydrogen-bond acceptors (Lipinski definition) is 2. The molecule has 0 aromatic heterocycles. The Hall–Kier alpha value is -3.72. The van der Waals surface area contributed by atoms with Crippen LogP contribution in [0, 0.1) is 0 Å². The fraction of sp³-hybridized carbons (Fsp3) is 0.263. The van der Waals surface area contributed by atoms with E-state index in [0.29, 0.717) is 0 Å². The van der Waals surface area contributed by atoms with Gasteiger partial charge >= 0.3 is 0 Å². The molecule has 0 saturated heterocycles. The molecule has 0 aliphatic rings. The van der Waals surface area contributed by atoms with Crippen molar-refractivity contribution in [1.29, 1.82) is 0 Å². The van der Waals surface area contributed by atoms with Crippen LogP contribution < -0.4 is 10.6 Å². The fourth-order valence-corrected chi connectivity index (χ4v) is 4.32. The summed E-state index contributed by atoms with van der Waals surface area (Å²) in [6, 6.07) is 42.5. The highest BCUT2D eigenvalue weighted by atomic mass is 14.8. The number of rotatable bonds is 11. The van der Waals surface area contributed by atoms with Crippen molar-refractivity contribution in [2.45, 2.75) is 38.5 Å². The maximum atomic E-state index is 3.13. The summed E-state index contributed by atoms with van der Waals surface area (Å²) in [7, 11) is 5.76. The van der Waals surface area contributed by atoms with Crippen molar-refractivity contribution in [3.8, 4) is 0 Å². The Morgan fingerprint density at radius 2 is 1.02 bits per heavy atom. The lowest BCUT2D eigenvalue weighted by Crippen LogP contribution is -2.06. The third-order valence-electron chi connectivity index (χ3n) is 6.33. The maximum absolute atomic E-state index is 3.13. The summed E-state index contributed by atoms with van der Waals surface area (Å²) in [5.74, 6) is 0.224. The Kier molecular flexibility index (Phi) is 17.2. The fourth-order valence-electron chi connectivity index (χ4n) is 4.32. The monoisotopic (exact) mass is 532 g/mol. The zero-order valence-electron chi connectivity index (χ0n) is 24.9. The van der Waals surface area contributed by atoms with E-state index in [1.165, 1.54) is 60.1 Å². The highest BCUT2D eigenvalue weighted by molar-refractivity contribution is 5.80. The Morgan fingerprint density at radius 3 is 1.43 bits per heavy atom. The van der Waals surface area contributed by atoms with Gasteiger partial charge in [0.15, 0.2) is 0 Å². The number of unbranched alkanes of at least 4 members (excludes halogenated alkanes) is 3. The molecule has 4 aromatic carbocycles. The highest BCUT2D eigenvalue weighted by Gasteiger charge is 2.10.